The van der Waals surface area contributed by atoms with Gasteiger partial charge in [-0.05, 0) is 36.8 Å². The van der Waals surface area contributed by atoms with E-state index in [0.29, 0.717) is 58.0 Å². The van der Waals surface area contributed by atoms with Crippen LogP contribution in [0.1, 0.15) is 18.5 Å². The molecule has 3 heterocycles. The van der Waals surface area contributed by atoms with Gasteiger partial charge in [-0.1, -0.05) is 0 Å². The average Bonchev–Trinajstić information content (AvgIpc) is 3.27. The van der Waals surface area contributed by atoms with E-state index < -0.39 is 5.60 Å². The number of morpholine rings is 2. The number of benzene rings is 1. The Morgan fingerprint density at radius 2 is 1.79 bits per heavy atom. The molecule has 2 aliphatic rings. The fraction of sp³-hybridized carbons (Fsp3) is 0.542. The Morgan fingerprint density at radius 1 is 1.06 bits per heavy atom. The first-order valence-electron chi connectivity index (χ1n) is 11.6. The minimum Gasteiger partial charge on any atom is -0.490 e. The molecule has 2 fully saturated rings. The monoisotopic (exact) mass is 474 g/mol. The fourth-order valence-corrected chi connectivity index (χ4v) is 4.29. The molecule has 2 aromatic rings. The summed E-state index contributed by atoms with van der Waals surface area (Å²) in [5, 5.41) is 4.15. The van der Waals surface area contributed by atoms with Gasteiger partial charge in [-0.25, -0.2) is 4.39 Å². The van der Waals surface area contributed by atoms with Crippen molar-refractivity contribution >= 4 is 11.8 Å². The van der Waals surface area contributed by atoms with Gasteiger partial charge in [0.1, 0.15) is 23.8 Å². The molecule has 0 N–H and O–H groups in total. The highest BCUT2D eigenvalue weighted by Gasteiger charge is 2.42. The van der Waals surface area contributed by atoms with Crippen molar-refractivity contribution in [1.82, 2.24) is 19.6 Å². The molecular weight excluding hydrogens is 443 g/mol. The van der Waals surface area contributed by atoms with Gasteiger partial charge in [0, 0.05) is 45.0 Å². The smallest absolute Gasteiger partial charge is 0.225 e. The number of rotatable bonds is 8. The van der Waals surface area contributed by atoms with Gasteiger partial charge in [-0.15, -0.1) is 0 Å². The molecule has 2 aliphatic heterocycles. The summed E-state index contributed by atoms with van der Waals surface area (Å²) in [5.74, 6) is 0.0520. The second-order valence-electron chi connectivity index (χ2n) is 8.71. The van der Waals surface area contributed by atoms with Crippen LogP contribution in [0.2, 0.25) is 0 Å². The lowest BCUT2D eigenvalue weighted by atomic mass is 9.96. The van der Waals surface area contributed by atoms with Crippen molar-refractivity contribution in [2.24, 2.45) is 7.05 Å². The van der Waals surface area contributed by atoms with Crippen molar-refractivity contribution in [2.75, 3.05) is 52.6 Å². The molecule has 1 aromatic carbocycles. The number of aryl methyl sites for hydroxylation is 2. The maximum atomic E-state index is 13.3. The SMILES string of the molecule is Cn1nccc1CCC(=O)N1CCO[C@](COc2ccc(F)cc2)(CC(=O)N2CCOCC2)C1. The first-order valence-corrected chi connectivity index (χ1v) is 11.6. The van der Waals surface area contributed by atoms with E-state index >= 15 is 0 Å². The Balaban J connectivity index is 1.44. The van der Waals surface area contributed by atoms with Gasteiger partial charge in [0.15, 0.2) is 0 Å². The molecule has 10 heteroatoms. The van der Waals surface area contributed by atoms with Crippen molar-refractivity contribution in [3.63, 3.8) is 0 Å². The lowest BCUT2D eigenvalue weighted by molar-refractivity contribution is -0.167. The van der Waals surface area contributed by atoms with Crippen LogP contribution in [0.3, 0.4) is 0 Å². The summed E-state index contributed by atoms with van der Waals surface area (Å²) in [7, 11) is 1.85. The van der Waals surface area contributed by atoms with Crippen LogP contribution in [-0.4, -0.2) is 89.6 Å². The number of nitrogens with zero attached hydrogens (tertiary/aromatic N) is 4. The summed E-state index contributed by atoms with van der Waals surface area (Å²) in [6.07, 6.45) is 2.72. The van der Waals surface area contributed by atoms with Crippen molar-refractivity contribution in [3.05, 3.63) is 48.0 Å². The van der Waals surface area contributed by atoms with E-state index in [9.17, 15) is 14.0 Å². The van der Waals surface area contributed by atoms with Crippen molar-refractivity contribution in [1.29, 1.82) is 0 Å². The van der Waals surface area contributed by atoms with E-state index in [-0.39, 0.29) is 37.2 Å². The molecule has 1 atom stereocenters. The van der Waals surface area contributed by atoms with Gasteiger partial charge in [-0.2, -0.15) is 5.10 Å². The normalized spacial score (nSPS) is 20.9. The van der Waals surface area contributed by atoms with Crippen LogP contribution in [0.15, 0.2) is 36.5 Å². The van der Waals surface area contributed by atoms with Crippen LogP contribution < -0.4 is 4.74 Å². The summed E-state index contributed by atoms with van der Waals surface area (Å²) < 4.78 is 32.5. The van der Waals surface area contributed by atoms with Crippen molar-refractivity contribution in [3.8, 4) is 5.75 Å². The number of aromatic nitrogens is 2. The second kappa shape index (κ2) is 11.0. The molecule has 34 heavy (non-hydrogen) atoms. The van der Waals surface area contributed by atoms with Crippen LogP contribution in [0.25, 0.3) is 0 Å². The van der Waals surface area contributed by atoms with E-state index in [2.05, 4.69) is 5.10 Å². The highest BCUT2D eigenvalue weighted by molar-refractivity contribution is 5.79. The molecule has 2 amide bonds. The lowest BCUT2D eigenvalue weighted by Crippen LogP contribution is -2.58. The molecule has 0 unspecified atom stereocenters. The molecule has 2 saturated heterocycles. The Bertz CT molecular complexity index is 976. The molecule has 0 aliphatic carbocycles. The van der Waals surface area contributed by atoms with E-state index in [1.807, 2.05) is 13.1 Å². The molecule has 0 spiro atoms. The number of amides is 2. The molecule has 184 valence electrons. The summed E-state index contributed by atoms with van der Waals surface area (Å²) >= 11 is 0. The third kappa shape index (κ3) is 6.12. The third-order valence-electron chi connectivity index (χ3n) is 6.27. The number of carbonyl (C=O) groups excluding carboxylic acids is 2. The van der Waals surface area contributed by atoms with Gasteiger partial charge in [0.05, 0.1) is 32.8 Å². The van der Waals surface area contributed by atoms with Crippen LogP contribution in [0, 0.1) is 5.82 Å². The predicted molar refractivity (Wildman–Crippen MR) is 121 cm³/mol. The van der Waals surface area contributed by atoms with Crippen molar-refractivity contribution in [2.45, 2.75) is 24.9 Å². The van der Waals surface area contributed by atoms with Crippen LogP contribution >= 0.6 is 0 Å². The predicted octanol–water partition coefficient (Wildman–Crippen LogP) is 1.42. The Morgan fingerprint density at radius 3 is 2.50 bits per heavy atom. The maximum absolute atomic E-state index is 13.3. The minimum atomic E-state index is -0.996. The molecule has 1 aromatic heterocycles. The highest BCUT2D eigenvalue weighted by Crippen LogP contribution is 2.26. The van der Waals surface area contributed by atoms with E-state index in [1.165, 1.54) is 24.3 Å². The van der Waals surface area contributed by atoms with Gasteiger partial charge in [0.25, 0.3) is 0 Å². The lowest BCUT2D eigenvalue weighted by Gasteiger charge is -2.43. The van der Waals surface area contributed by atoms with Crippen LogP contribution in [-0.2, 0) is 32.5 Å². The average molecular weight is 475 g/mol. The van der Waals surface area contributed by atoms with Gasteiger partial charge in [0.2, 0.25) is 11.8 Å². The fourth-order valence-electron chi connectivity index (χ4n) is 4.29. The Hall–Kier alpha value is -2.98. The van der Waals surface area contributed by atoms with E-state index in [0.717, 1.165) is 5.69 Å². The van der Waals surface area contributed by atoms with Gasteiger partial charge in [-0.3, -0.25) is 14.3 Å². The van der Waals surface area contributed by atoms with E-state index in [4.69, 9.17) is 14.2 Å². The summed E-state index contributed by atoms with van der Waals surface area (Å²) in [5.41, 5.74) is -0.0143. The first kappa shape index (κ1) is 24.2. The molecule has 0 radical (unpaired) electrons. The topological polar surface area (TPSA) is 86.1 Å². The number of hydrogen-bond donors (Lipinski definition) is 0. The zero-order chi connectivity index (χ0) is 24.0. The largest absolute Gasteiger partial charge is 0.490 e. The highest BCUT2D eigenvalue weighted by atomic mass is 19.1. The number of carbonyl (C=O) groups is 2. The van der Waals surface area contributed by atoms with Crippen molar-refractivity contribution < 1.29 is 28.2 Å². The number of hydrogen-bond acceptors (Lipinski definition) is 6. The van der Waals surface area contributed by atoms with Gasteiger partial charge < -0.3 is 24.0 Å². The minimum absolute atomic E-state index is 0.00511. The quantitative estimate of drug-likeness (QED) is 0.575. The molecule has 0 bridgehead atoms. The maximum Gasteiger partial charge on any atom is 0.225 e. The summed E-state index contributed by atoms with van der Waals surface area (Å²) in [4.78, 5) is 29.6. The standard InChI is InChI=1S/C24H31FN4O5/c1-27-20(8-9-26-27)4-7-22(30)29-12-15-34-24(17-29,16-23(31)28-10-13-32-14-11-28)18-33-21-5-2-19(25)3-6-21/h2-3,5-6,8-9H,4,7,10-18H2,1H3/t24-/m1/s1. The summed E-state index contributed by atoms with van der Waals surface area (Å²) in [6, 6.07) is 7.60. The molecule has 4 rings (SSSR count). The second-order valence-corrected chi connectivity index (χ2v) is 8.71. The van der Waals surface area contributed by atoms with Gasteiger partial charge >= 0.3 is 0 Å². The zero-order valence-electron chi connectivity index (χ0n) is 19.5. The summed E-state index contributed by atoms with van der Waals surface area (Å²) in [6.45, 7) is 3.14. The van der Waals surface area contributed by atoms with Crippen LogP contribution in [0.5, 0.6) is 5.75 Å². The Labute approximate surface area is 198 Å². The molecule has 0 saturated carbocycles. The number of ether oxygens (including phenoxy) is 3. The zero-order valence-corrected chi connectivity index (χ0v) is 19.5. The van der Waals surface area contributed by atoms with Crippen LogP contribution in [0.4, 0.5) is 4.39 Å². The first-order chi connectivity index (χ1) is 16.4. The van der Waals surface area contributed by atoms with E-state index in [1.54, 1.807) is 20.7 Å². The number of halogens is 1. The third-order valence-corrected chi connectivity index (χ3v) is 6.27. The Kier molecular flexibility index (Phi) is 7.79. The molecular formula is C24H31FN4O5. The molecule has 9 nitrogen and oxygen atoms in total.